The summed E-state index contributed by atoms with van der Waals surface area (Å²) >= 11 is -0.750. The van der Waals surface area contributed by atoms with Gasteiger partial charge in [0.05, 0.1) is 34.1 Å². The maximum absolute atomic E-state index is 11.7. The Bertz CT molecular complexity index is 4860. The van der Waals surface area contributed by atoms with Gasteiger partial charge in [0, 0.05) is 0 Å². The molecule has 0 saturated heterocycles. The lowest BCUT2D eigenvalue weighted by Crippen LogP contribution is -2.46. The van der Waals surface area contributed by atoms with E-state index in [9.17, 15) is 62.6 Å². The van der Waals surface area contributed by atoms with Crippen LogP contribution in [-0.4, -0.2) is 221 Å². The molecule has 0 spiro atoms. The molecule has 6 rings (SSSR count). The minimum Gasteiger partial charge on any atom is -0.489 e. The Labute approximate surface area is 793 Å². The third-order valence-corrected chi connectivity index (χ3v) is 15.9. The highest BCUT2D eigenvalue weighted by Crippen LogP contribution is 2.31. The number of nitrogens with one attached hydrogen (secondary N) is 6. The molecule has 6 atom stereocenters. The minimum atomic E-state index is -1.25. The Hall–Kier alpha value is -14.8. The van der Waals surface area contributed by atoms with E-state index in [0.717, 1.165) is 38.9 Å². The van der Waals surface area contributed by atoms with Gasteiger partial charge in [-0.1, -0.05) is 48.5 Å². The summed E-state index contributed by atoms with van der Waals surface area (Å²) in [6, 6.07) is 22.1. The average Bonchev–Trinajstić information content (AvgIpc) is 0.863. The molecule has 0 aliphatic carbocycles. The van der Waals surface area contributed by atoms with Crippen LogP contribution >= 0.6 is 0 Å². The first-order valence-electron chi connectivity index (χ1n) is 41.5. The number of rotatable bonds is 30. The van der Waals surface area contributed by atoms with E-state index in [1.54, 1.807) is 216 Å². The van der Waals surface area contributed by atoms with Gasteiger partial charge in [-0.25, -0.2) is 57.5 Å². The summed E-state index contributed by atoms with van der Waals surface area (Å²) in [5.74, 6) is -5.08. The van der Waals surface area contributed by atoms with Gasteiger partial charge in [0.1, 0.15) is 108 Å². The standard InChI is InChI=1S/C16H24N2O5.5C15H22N2O5.O2S/c1-9-6-10(2)13(17)12(7-9)22-8-11(14(19)20)18-15(21)23-16(3,4)5;2*1-9-5-6-12(10(16)7-9)21-8-11(13(18)19)17-14(20)22-15(2,3)4;1-9-5-6-10(16)12(7-9)21-8-11(13(18)19)17-14(20)22-15(2,3)4;1-9-6-5-7-11(12(9)16)21-8-10(13(18)19)17-14(20)22-15(2,3)4;1-9-6-5-7-10(16)12(9)21-8-11(13(18)19)17-14(20)22-15(2,3)4;1-3-2/h6-7,11H,8,17H2,1-5H3,(H,18,21)(H,19,20);3*5-7,11H,8,16H2,1-4H3,(H,17,20)(H,18,19);5-7,10H,8,16H2,1-4H3,(H,17,20)(H,18,19);5-7,11H,8,16H2,1-4H3,(H,17,20)(H,18,19);/t4*11-;10-;11-;/m000000./s1. The highest BCUT2D eigenvalue weighted by Gasteiger charge is 2.32. The number of benzene rings is 6. The van der Waals surface area contributed by atoms with Gasteiger partial charge in [0.25, 0.3) is 0 Å². The molecule has 6 amide bonds. The van der Waals surface area contributed by atoms with E-state index in [1.165, 1.54) is 0 Å². The SMILES string of the molecule is Cc1cc(C)c(N)c(OC[C@H](NC(=O)OC(C)(C)C)C(=O)O)c1.Cc1ccc(N)c(OC[C@H](NC(=O)OC(C)(C)C)C(=O)O)c1.Cc1ccc(OC[C@H](NC(=O)OC(C)(C)C)C(=O)O)c(N)c1.Cc1ccc(OC[C@H](NC(=O)OC(C)(C)C)C(=O)O)c(N)c1.Cc1cccc(N)c1OC[C@H](NC(=O)OC(C)(C)C)C(=O)O.Cc1cccc(OC[C@H](NC(=O)OC(C)(C)C)C(=O)O)c1N.O=S=O. The summed E-state index contributed by atoms with van der Waals surface area (Å²) in [5, 5.41) is 68.4. The number of hydrogen-bond acceptors (Lipinski definition) is 32. The van der Waals surface area contributed by atoms with Crippen LogP contribution in [0.15, 0.2) is 103 Å². The molecule has 0 aliphatic rings. The van der Waals surface area contributed by atoms with E-state index in [4.69, 9.17) is 125 Å². The van der Waals surface area contributed by atoms with Gasteiger partial charge in [0.15, 0.2) is 36.3 Å². The molecule has 0 heterocycles. The molecular weight excluding hydrogens is 1810 g/mol. The van der Waals surface area contributed by atoms with Gasteiger partial charge in [0.2, 0.25) is 0 Å². The number of nitrogen functional groups attached to an aromatic ring is 6. The topological polar surface area (TPSA) is 699 Å². The van der Waals surface area contributed by atoms with Crippen LogP contribution in [0.25, 0.3) is 0 Å². The Balaban J connectivity index is 0.00000160. The molecule has 6 aromatic rings. The molecule has 756 valence electrons. The van der Waals surface area contributed by atoms with E-state index in [2.05, 4.69) is 31.9 Å². The third kappa shape index (κ3) is 53.6. The van der Waals surface area contributed by atoms with Crippen molar-refractivity contribution in [3.8, 4) is 34.5 Å². The number of carbonyl (C=O) groups is 12. The number of ether oxygens (including phenoxy) is 12. The van der Waals surface area contributed by atoms with E-state index >= 15 is 0 Å². The van der Waals surface area contributed by atoms with Crippen molar-refractivity contribution in [1.29, 1.82) is 0 Å². The predicted molar refractivity (Wildman–Crippen MR) is 505 cm³/mol. The van der Waals surface area contributed by atoms with Crippen molar-refractivity contribution in [1.82, 2.24) is 31.9 Å². The van der Waals surface area contributed by atoms with Crippen molar-refractivity contribution >= 4 is 118 Å². The van der Waals surface area contributed by atoms with Gasteiger partial charge in [-0.3, -0.25) is 0 Å². The zero-order valence-electron chi connectivity index (χ0n) is 81.2. The lowest BCUT2D eigenvalue weighted by molar-refractivity contribution is -0.141. The summed E-state index contributed by atoms with van der Waals surface area (Å²) < 4.78 is 79.2. The predicted octanol–water partition coefficient (Wildman–Crippen LogP) is 11.2. The van der Waals surface area contributed by atoms with Crippen LogP contribution in [0, 0.1) is 48.5 Å². The number of para-hydroxylation sites is 2. The Kier molecular flexibility index (Phi) is 50.1. The molecule has 6 aromatic carbocycles. The third-order valence-electron chi connectivity index (χ3n) is 15.9. The molecule has 136 heavy (non-hydrogen) atoms. The Morgan fingerprint density at radius 2 is 0.515 bits per heavy atom. The number of nitrogens with two attached hydrogens (primary N) is 6. The maximum Gasteiger partial charge on any atom is 0.408 e. The Morgan fingerprint density at radius 3 is 0.801 bits per heavy atom. The summed E-state index contributed by atoms with van der Waals surface area (Å²) in [4.78, 5) is 137. The number of aliphatic carboxylic acids is 6. The number of alkyl carbamates (subject to hydrolysis) is 6. The minimum absolute atomic E-state index is 0.260. The van der Waals surface area contributed by atoms with Crippen molar-refractivity contribution in [3.05, 3.63) is 142 Å². The number of carboxylic acid groups (broad SMARTS) is 6. The second kappa shape index (κ2) is 56.3. The molecule has 0 saturated carbocycles. The second-order valence-corrected chi connectivity index (χ2v) is 35.9. The van der Waals surface area contributed by atoms with E-state index in [-0.39, 0.29) is 39.6 Å². The monoisotopic (exact) mass is 1940 g/mol. The number of carbonyl (C=O) groups excluding carboxylic acids is 6. The summed E-state index contributed by atoms with van der Waals surface area (Å²) in [6.45, 7) is 41.7. The number of amides is 6. The number of hydrogen-bond donors (Lipinski definition) is 18. The first-order chi connectivity index (χ1) is 62.3. The van der Waals surface area contributed by atoms with Gasteiger partial charge in [-0.2, -0.15) is 8.42 Å². The molecule has 0 unspecified atom stereocenters. The van der Waals surface area contributed by atoms with Crippen LogP contribution in [0.1, 0.15) is 164 Å². The van der Waals surface area contributed by atoms with Crippen molar-refractivity contribution in [3.63, 3.8) is 0 Å². The highest BCUT2D eigenvalue weighted by molar-refractivity contribution is 7.51. The zero-order chi connectivity index (χ0) is 105. The van der Waals surface area contributed by atoms with Gasteiger partial charge < -0.3 is 154 Å². The first kappa shape index (κ1) is 121. The first-order valence-corrected chi connectivity index (χ1v) is 42.2. The van der Waals surface area contributed by atoms with Crippen LogP contribution in [0.4, 0.5) is 62.9 Å². The van der Waals surface area contributed by atoms with Crippen LogP contribution in [0.5, 0.6) is 34.5 Å². The normalized spacial score (nSPS) is 12.2. The van der Waals surface area contributed by atoms with Crippen molar-refractivity contribution in [2.45, 2.75) is 243 Å². The van der Waals surface area contributed by atoms with E-state index in [1.807, 2.05) is 59.7 Å². The largest absolute Gasteiger partial charge is 0.489 e. The van der Waals surface area contributed by atoms with Crippen molar-refractivity contribution in [2.75, 3.05) is 74.0 Å². The quantitative estimate of drug-likeness (QED) is 0.0147. The van der Waals surface area contributed by atoms with Crippen LogP contribution in [-0.2, 0) is 68.8 Å². The summed E-state index contributed by atoms with van der Waals surface area (Å²) in [5.41, 5.74) is 39.3. The molecule has 0 aromatic heterocycles. The van der Waals surface area contributed by atoms with Crippen LogP contribution in [0.2, 0.25) is 0 Å². The highest BCUT2D eigenvalue weighted by atomic mass is 32.1. The summed E-state index contributed by atoms with van der Waals surface area (Å²) in [6.07, 6.45) is -4.91. The van der Waals surface area contributed by atoms with Crippen molar-refractivity contribution in [2.24, 2.45) is 0 Å². The molecule has 0 radical (unpaired) electrons. The Morgan fingerprint density at radius 1 is 0.272 bits per heavy atom. The molecule has 0 fully saturated rings. The number of anilines is 6. The average molecular weight is 1940 g/mol. The molecule has 0 bridgehead atoms. The van der Waals surface area contributed by atoms with E-state index < -0.39 is 154 Å². The fourth-order valence-corrected chi connectivity index (χ4v) is 9.86. The van der Waals surface area contributed by atoms with Crippen molar-refractivity contribution < 1.29 is 153 Å². The lowest BCUT2D eigenvalue weighted by Gasteiger charge is -2.22. The molecular formula is C91H134N12O32S. The molecule has 24 N–H and O–H groups in total. The number of aryl methyl sites for hydroxylation is 7. The van der Waals surface area contributed by atoms with Crippen LogP contribution < -0.4 is 94.7 Å². The van der Waals surface area contributed by atoms with Gasteiger partial charge in [-0.15, -0.1) is 0 Å². The lowest BCUT2D eigenvalue weighted by atomic mass is 10.1. The summed E-state index contributed by atoms with van der Waals surface area (Å²) in [7, 11) is 0. The van der Waals surface area contributed by atoms with E-state index in [0.29, 0.717) is 68.6 Å². The fourth-order valence-electron chi connectivity index (χ4n) is 9.86. The van der Waals surface area contributed by atoms with Gasteiger partial charge in [-0.05, 0) is 267 Å². The number of carboxylic acids is 6. The molecule has 0 aliphatic heterocycles. The fraction of sp³-hybridized carbons (Fsp3) is 0.473. The van der Waals surface area contributed by atoms with Crippen LogP contribution in [0.3, 0.4) is 0 Å². The maximum atomic E-state index is 11.7. The van der Waals surface area contributed by atoms with Gasteiger partial charge >= 0.3 is 83.9 Å². The second-order valence-electron chi connectivity index (χ2n) is 35.8. The molecule has 44 nitrogen and oxygen atoms in total. The molecule has 45 heteroatoms. The zero-order valence-corrected chi connectivity index (χ0v) is 82.0. The smallest absolute Gasteiger partial charge is 0.408 e.